The second kappa shape index (κ2) is 8.77. The van der Waals surface area contributed by atoms with Crippen molar-refractivity contribution in [2.24, 2.45) is 0 Å². The van der Waals surface area contributed by atoms with Crippen molar-refractivity contribution in [1.82, 2.24) is 14.5 Å². The highest BCUT2D eigenvalue weighted by atomic mass is 32.2. The Kier molecular flexibility index (Phi) is 6.10. The van der Waals surface area contributed by atoms with Crippen molar-refractivity contribution in [3.8, 4) is 5.75 Å². The Morgan fingerprint density at radius 2 is 1.97 bits per heavy atom. The summed E-state index contributed by atoms with van der Waals surface area (Å²) in [4.78, 5) is 12.8. The van der Waals surface area contributed by atoms with Gasteiger partial charge in [0.2, 0.25) is 10.0 Å². The SMILES string of the molecule is COc1ccc(C(=O)O[C@@H]2CCC[C@H]2n2cccn2)cc1S(=O)(=O)NC1CCCC1. The number of nitrogens with one attached hydrogen (secondary N) is 1. The van der Waals surface area contributed by atoms with E-state index in [1.54, 1.807) is 6.20 Å². The lowest BCUT2D eigenvalue weighted by atomic mass is 10.2. The molecule has 2 aromatic rings. The molecule has 2 fully saturated rings. The van der Waals surface area contributed by atoms with Crippen LogP contribution in [0.25, 0.3) is 0 Å². The maximum Gasteiger partial charge on any atom is 0.338 e. The van der Waals surface area contributed by atoms with E-state index in [9.17, 15) is 13.2 Å². The third kappa shape index (κ3) is 4.37. The normalized spacial score (nSPS) is 22.3. The number of rotatable bonds is 7. The van der Waals surface area contributed by atoms with E-state index in [0.717, 1.165) is 44.9 Å². The van der Waals surface area contributed by atoms with Crippen LogP contribution in [0.4, 0.5) is 0 Å². The van der Waals surface area contributed by atoms with Crippen molar-refractivity contribution in [3.63, 3.8) is 0 Å². The van der Waals surface area contributed by atoms with Gasteiger partial charge in [0.1, 0.15) is 16.7 Å². The molecule has 0 saturated heterocycles. The Morgan fingerprint density at radius 3 is 2.67 bits per heavy atom. The largest absolute Gasteiger partial charge is 0.495 e. The van der Waals surface area contributed by atoms with Gasteiger partial charge in [-0.15, -0.1) is 0 Å². The molecule has 0 radical (unpaired) electrons. The zero-order valence-electron chi connectivity index (χ0n) is 17.0. The average Bonchev–Trinajstić information content (AvgIpc) is 3.49. The first-order valence-corrected chi connectivity index (χ1v) is 11.9. The highest BCUT2D eigenvalue weighted by Gasteiger charge is 2.33. The first-order valence-electron chi connectivity index (χ1n) is 10.4. The molecule has 8 nitrogen and oxygen atoms in total. The summed E-state index contributed by atoms with van der Waals surface area (Å²) < 4.78 is 41.4. The third-order valence-electron chi connectivity index (χ3n) is 5.91. The summed E-state index contributed by atoms with van der Waals surface area (Å²) in [5.74, 6) is -0.341. The first-order chi connectivity index (χ1) is 14.5. The van der Waals surface area contributed by atoms with Crippen LogP contribution in [0.3, 0.4) is 0 Å². The van der Waals surface area contributed by atoms with Gasteiger partial charge in [0, 0.05) is 18.4 Å². The maximum atomic E-state index is 12.9. The van der Waals surface area contributed by atoms with E-state index in [1.807, 2.05) is 16.9 Å². The lowest BCUT2D eigenvalue weighted by molar-refractivity contribution is 0.0209. The van der Waals surface area contributed by atoms with Crippen molar-refractivity contribution in [3.05, 3.63) is 42.2 Å². The number of ether oxygens (including phenoxy) is 2. The predicted octanol–water partition coefficient (Wildman–Crippen LogP) is 3.06. The molecule has 0 bridgehead atoms. The van der Waals surface area contributed by atoms with Crippen LogP contribution in [0.2, 0.25) is 0 Å². The van der Waals surface area contributed by atoms with E-state index < -0.39 is 16.0 Å². The van der Waals surface area contributed by atoms with Gasteiger partial charge in [0.05, 0.1) is 18.7 Å². The topological polar surface area (TPSA) is 99.5 Å². The summed E-state index contributed by atoms with van der Waals surface area (Å²) in [6.07, 6.45) is 9.50. The maximum absolute atomic E-state index is 12.9. The lowest BCUT2D eigenvalue weighted by Crippen LogP contribution is -2.33. The molecule has 0 amide bonds. The van der Waals surface area contributed by atoms with Gasteiger partial charge in [0.25, 0.3) is 0 Å². The number of methoxy groups -OCH3 is 1. The Morgan fingerprint density at radius 1 is 1.17 bits per heavy atom. The van der Waals surface area contributed by atoms with Gasteiger partial charge in [-0.2, -0.15) is 5.10 Å². The van der Waals surface area contributed by atoms with Crippen molar-refractivity contribution in [2.75, 3.05) is 7.11 Å². The van der Waals surface area contributed by atoms with Crippen LogP contribution in [0, 0.1) is 0 Å². The molecule has 2 aliphatic rings. The molecule has 0 aliphatic heterocycles. The zero-order chi connectivity index (χ0) is 21.1. The van der Waals surface area contributed by atoms with Crippen molar-refractivity contribution in [1.29, 1.82) is 0 Å². The second-order valence-corrected chi connectivity index (χ2v) is 9.58. The fourth-order valence-corrected chi connectivity index (χ4v) is 5.87. The zero-order valence-corrected chi connectivity index (χ0v) is 17.8. The van der Waals surface area contributed by atoms with Crippen LogP contribution in [-0.2, 0) is 14.8 Å². The highest BCUT2D eigenvalue weighted by Crippen LogP contribution is 2.33. The molecule has 1 aromatic heterocycles. The van der Waals surface area contributed by atoms with E-state index in [-0.39, 0.29) is 34.4 Å². The molecule has 162 valence electrons. The van der Waals surface area contributed by atoms with Gasteiger partial charge in [0.15, 0.2) is 0 Å². The highest BCUT2D eigenvalue weighted by molar-refractivity contribution is 7.89. The van der Waals surface area contributed by atoms with E-state index in [0.29, 0.717) is 0 Å². The number of hydrogen-bond donors (Lipinski definition) is 1. The number of carbonyl (C=O) groups is 1. The number of sulfonamides is 1. The minimum Gasteiger partial charge on any atom is -0.495 e. The number of nitrogens with zero attached hydrogens (tertiary/aromatic N) is 2. The molecule has 9 heteroatoms. The smallest absolute Gasteiger partial charge is 0.338 e. The van der Waals surface area contributed by atoms with Crippen LogP contribution >= 0.6 is 0 Å². The Hall–Kier alpha value is -2.39. The van der Waals surface area contributed by atoms with Crippen molar-refractivity contribution in [2.45, 2.75) is 68.0 Å². The summed E-state index contributed by atoms with van der Waals surface area (Å²) in [6, 6.07) is 6.14. The van der Waals surface area contributed by atoms with E-state index in [1.165, 1.54) is 25.3 Å². The Balaban J connectivity index is 1.54. The molecule has 0 spiro atoms. The quantitative estimate of drug-likeness (QED) is 0.674. The number of carbonyl (C=O) groups excluding carboxylic acids is 1. The lowest BCUT2D eigenvalue weighted by Gasteiger charge is -2.21. The Labute approximate surface area is 176 Å². The van der Waals surface area contributed by atoms with Gasteiger partial charge < -0.3 is 9.47 Å². The fraction of sp³-hybridized carbons (Fsp3) is 0.524. The van der Waals surface area contributed by atoms with Gasteiger partial charge in [-0.25, -0.2) is 17.9 Å². The average molecular weight is 434 g/mol. The first kappa shape index (κ1) is 20.9. The van der Waals surface area contributed by atoms with Crippen LogP contribution < -0.4 is 9.46 Å². The number of hydrogen-bond acceptors (Lipinski definition) is 6. The molecule has 2 atom stereocenters. The number of esters is 1. The molecule has 1 N–H and O–H groups in total. The second-order valence-electron chi connectivity index (χ2n) is 7.90. The van der Waals surface area contributed by atoms with Gasteiger partial charge in [-0.3, -0.25) is 4.68 Å². The van der Waals surface area contributed by atoms with Crippen LogP contribution in [0.15, 0.2) is 41.6 Å². The molecule has 4 rings (SSSR count). The number of aromatic nitrogens is 2. The molecule has 1 aromatic carbocycles. The summed E-state index contributed by atoms with van der Waals surface area (Å²) in [5.41, 5.74) is 0.189. The van der Waals surface area contributed by atoms with Crippen molar-refractivity contribution < 1.29 is 22.7 Å². The minimum absolute atomic E-state index is 0.00515. The van der Waals surface area contributed by atoms with E-state index >= 15 is 0 Å². The Bertz CT molecular complexity index is 984. The molecule has 0 unspecified atom stereocenters. The van der Waals surface area contributed by atoms with Gasteiger partial charge in [-0.1, -0.05) is 12.8 Å². The van der Waals surface area contributed by atoms with E-state index in [4.69, 9.17) is 9.47 Å². The monoisotopic (exact) mass is 433 g/mol. The fourth-order valence-electron chi connectivity index (χ4n) is 4.37. The molecule has 2 saturated carbocycles. The van der Waals surface area contributed by atoms with Gasteiger partial charge in [-0.05, 0) is 56.4 Å². The standard InChI is InChI=1S/C21H27N3O5S/c1-28-19-11-10-15(14-20(19)30(26,27)23-16-6-2-3-7-16)21(25)29-18-9-4-8-17(18)24-13-5-12-22-24/h5,10-14,16-18,23H,2-4,6-9H2,1H3/t17-,18-/m1/s1. The molecule has 30 heavy (non-hydrogen) atoms. The summed E-state index contributed by atoms with van der Waals surface area (Å²) >= 11 is 0. The van der Waals surface area contributed by atoms with E-state index in [2.05, 4.69) is 9.82 Å². The molecule has 2 aliphatic carbocycles. The third-order valence-corrected chi connectivity index (χ3v) is 7.45. The molecular weight excluding hydrogens is 406 g/mol. The van der Waals surface area contributed by atoms with Crippen LogP contribution in [-0.4, -0.2) is 43.4 Å². The van der Waals surface area contributed by atoms with Gasteiger partial charge >= 0.3 is 5.97 Å². The summed E-state index contributed by atoms with van der Waals surface area (Å²) in [6.45, 7) is 0. The summed E-state index contributed by atoms with van der Waals surface area (Å²) in [7, 11) is -2.40. The molecular formula is C21H27N3O5S. The van der Waals surface area contributed by atoms with Crippen LogP contribution in [0.5, 0.6) is 5.75 Å². The number of benzene rings is 1. The molecule has 1 heterocycles. The summed E-state index contributed by atoms with van der Waals surface area (Å²) in [5, 5.41) is 4.27. The minimum atomic E-state index is -3.81. The van der Waals surface area contributed by atoms with Crippen LogP contribution in [0.1, 0.15) is 61.3 Å². The van der Waals surface area contributed by atoms with Crippen molar-refractivity contribution >= 4 is 16.0 Å². The predicted molar refractivity (Wildman–Crippen MR) is 110 cm³/mol.